The van der Waals surface area contributed by atoms with E-state index in [0.29, 0.717) is 76.2 Å². The summed E-state index contributed by atoms with van der Waals surface area (Å²) < 4.78 is 28.4. The van der Waals surface area contributed by atoms with Crippen LogP contribution in [0.15, 0.2) is 251 Å². The molecule has 0 aliphatic heterocycles. The van der Waals surface area contributed by atoms with Crippen molar-refractivity contribution in [2.45, 2.75) is 329 Å². The summed E-state index contributed by atoms with van der Waals surface area (Å²) in [5.41, 5.74) is 20.6. The second kappa shape index (κ2) is 80.4. The van der Waals surface area contributed by atoms with E-state index in [-0.39, 0.29) is 59.0 Å². The van der Waals surface area contributed by atoms with E-state index in [1.165, 1.54) is 254 Å². The second-order valence-corrected chi connectivity index (χ2v) is 43.6. The number of nitrogen functional groups attached to an aromatic ring is 1. The summed E-state index contributed by atoms with van der Waals surface area (Å²) in [6.45, 7) is 55.5. The van der Waals surface area contributed by atoms with Crippen molar-refractivity contribution in [3.8, 4) is 39.7 Å². The van der Waals surface area contributed by atoms with Crippen LogP contribution in [-0.4, -0.2) is 202 Å². The van der Waals surface area contributed by atoms with Crippen molar-refractivity contribution in [1.82, 2.24) is 19.8 Å². The van der Waals surface area contributed by atoms with Crippen LogP contribution in [-0.2, 0) is 59.3 Å². The third-order valence-electron chi connectivity index (χ3n) is 26.2. The van der Waals surface area contributed by atoms with Gasteiger partial charge in [0.15, 0.2) is 14.7 Å². The van der Waals surface area contributed by atoms with E-state index in [4.69, 9.17) is 44.6 Å². The Hall–Kier alpha value is -8.54. The monoisotopic (exact) mass is 2030 g/mol. The average Bonchev–Trinajstić information content (AvgIpc) is 0.992. The molecule has 17 nitrogen and oxygen atoms in total. The van der Waals surface area contributed by atoms with Gasteiger partial charge >= 0.3 is 0 Å². The first-order chi connectivity index (χ1) is 70.2. The first kappa shape index (κ1) is 132. The molecule has 8 N–H and O–H groups in total. The Bertz CT molecular complexity index is 4430. The van der Waals surface area contributed by atoms with E-state index in [1.54, 1.807) is 32.4 Å². The largest absolute Gasteiger partial charge is 0.870 e. The summed E-state index contributed by atoms with van der Waals surface area (Å²) in [5, 5.41) is 36.5. The van der Waals surface area contributed by atoms with Gasteiger partial charge in [-0.25, -0.2) is 4.98 Å². The van der Waals surface area contributed by atoms with Gasteiger partial charge in [0, 0.05) is 86.1 Å². The number of H-pyrrole nitrogens is 1. The highest BCUT2D eigenvalue weighted by molar-refractivity contribution is 7.97. The Labute approximate surface area is 891 Å². The zero-order chi connectivity index (χ0) is 106. The summed E-state index contributed by atoms with van der Waals surface area (Å²) in [5.74, 6) is 1.42. The number of hydrogen-bond donors (Lipinski definition) is 6. The fourth-order valence-corrected chi connectivity index (χ4v) is 19.5. The molecular weight excluding hydrogens is 1830 g/mol. The quantitative estimate of drug-likeness (QED) is 0.00903. The van der Waals surface area contributed by atoms with Gasteiger partial charge in [0.25, 0.3) is 0 Å². The van der Waals surface area contributed by atoms with Gasteiger partial charge in [-0.3, -0.25) is 4.90 Å². The van der Waals surface area contributed by atoms with Crippen molar-refractivity contribution >= 4 is 22.3 Å². The number of nitrogens with two attached hydrogens (primary N) is 1. The summed E-state index contributed by atoms with van der Waals surface area (Å²) in [6, 6.07) is 81.0. The molecule has 0 aliphatic carbocycles. The van der Waals surface area contributed by atoms with Crippen molar-refractivity contribution in [3.05, 3.63) is 270 Å². The molecule has 814 valence electrons. The molecule has 10 rings (SSSR count). The molecule has 0 bridgehead atoms. The lowest BCUT2D eigenvalue weighted by Crippen LogP contribution is -2.50. The predicted octanol–water partition coefficient (Wildman–Crippen LogP) is 30.0. The lowest BCUT2D eigenvalue weighted by Gasteiger charge is -2.39. The van der Waals surface area contributed by atoms with E-state index < -0.39 is 0 Å². The van der Waals surface area contributed by atoms with E-state index in [1.807, 2.05) is 90.7 Å². The van der Waals surface area contributed by atoms with Crippen molar-refractivity contribution in [2.75, 3.05) is 163 Å². The summed E-state index contributed by atoms with van der Waals surface area (Å²) in [6.07, 6.45) is 36.8. The topological polar surface area (TPSA) is 221 Å². The number of hydrogen-bond acceptors (Lipinski definition) is 15. The van der Waals surface area contributed by atoms with Gasteiger partial charge in [-0.2, -0.15) is 0 Å². The minimum atomic E-state index is -0.135. The van der Waals surface area contributed by atoms with Crippen molar-refractivity contribution in [2.24, 2.45) is 0 Å². The van der Waals surface area contributed by atoms with E-state index in [9.17, 15) is 10.2 Å². The number of aryl methyl sites for hydroxylation is 1. The normalized spacial score (nSPS) is 11.4. The number of nitrogens with one attached hydrogen (secondary N) is 1. The Morgan fingerprint density at radius 3 is 1.05 bits per heavy atom. The first-order valence-corrected chi connectivity index (χ1v) is 57.0. The van der Waals surface area contributed by atoms with Crippen molar-refractivity contribution in [3.63, 3.8) is 0 Å². The van der Waals surface area contributed by atoms with E-state index in [2.05, 4.69) is 265 Å². The van der Waals surface area contributed by atoms with Gasteiger partial charge in [-0.15, -0.1) is 0 Å². The Morgan fingerprint density at radius 2 is 0.692 bits per heavy atom. The summed E-state index contributed by atoms with van der Waals surface area (Å²) in [7, 11) is 3.37. The van der Waals surface area contributed by atoms with Crippen LogP contribution in [0.2, 0.25) is 0 Å². The first-order valence-electron chi connectivity index (χ1n) is 55.8. The molecule has 0 atom stereocenters. The highest BCUT2D eigenvalue weighted by Crippen LogP contribution is 2.41. The Morgan fingerprint density at radius 1 is 0.356 bits per heavy atom. The fraction of sp³-hybridized carbons (Fsp3) is 0.555. The standard InChI is InChI=1S/C24H51N.C21H16N2.C20H35NO7.C18H31N.C18H15S.C16H36N.C11H17NO2.H2O/c1-4-7-10-13-16-19-22-25(23-20-17-14-11-8-5-2)24-21-18-15-12-9-6-3;1-4-10-16(11-5-1)19-20(17-12-6-2-7-13-17)23-21(22-19)18-14-8-3-9-15-18;1-24-9-6-21(7-10-25-2)8-11-26-12-13-27-14-15-28-20-18(16-22)4-3-5-19(20)17-23;1-16(2,3)12-10-13(17(4,5)6)15(19)14(11-12)18(7,8)9;1-4-10-16(11-5-1)19(17-12-6-2-7-13-17)18-14-8-3-9-15-18;1-5-9-13-17(14-10-6-2,15-11-7-3)16-12-8-4;1-10-2-4-11(5-3-10)12(6-8-13)7-9-14;/h4-24H2,1-3H3;1-15H,(H,22,23);3-5,22-23H,6-17H2,1-2H3;10-11H,19H2,1-9H3;1-15H;5-16H2,1-4H3;2-5,13-14H,6-9H2,1H3;1H2/q;;;;2*+1;;/p-1. The third kappa shape index (κ3) is 54.8. The molecule has 0 saturated heterocycles. The number of anilines is 2. The number of quaternary nitrogens is 1. The van der Waals surface area contributed by atoms with Gasteiger partial charge in [-0.05, 0) is 153 Å². The van der Waals surface area contributed by atoms with Gasteiger partial charge in [0.1, 0.15) is 18.2 Å². The number of methoxy groups -OCH3 is 2. The highest BCUT2D eigenvalue weighted by Gasteiger charge is 2.31. The molecule has 9 aromatic carbocycles. The molecule has 1 heterocycles. The van der Waals surface area contributed by atoms with Crippen LogP contribution >= 0.6 is 0 Å². The van der Waals surface area contributed by atoms with E-state index >= 15 is 0 Å². The van der Waals surface area contributed by atoms with Crippen molar-refractivity contribution in [1.29, 1.82) is 0 Å². The minimum Gasteiger partial charge on any atom is -0.870 e. The molecule has 146 heavy (non-hydrogen) atoms. The molecule has 1 aromatic heterocycles. The lowest BCUT2D eigenvalue weighted by atomic mass is 9.74. The maximum Gasteiger partial charge on any atom is 0.166 e. The number of ether oxygens (including phenoxy) is 5. The number of imidazole rings is 1. The van der Waals surface area contributed by atoms with Crippen LogP contribution in [0.1, 0.15) is 311 Å². The van der Waals surface area contributed by atoms with Crippen LogP contribution in [0.4, 0.5) is 11.4 Å². The lowest BCUT2D eigenvalue weighted by molar-refractivity contribution is -0.929. The zero-order valence-electron chi connectivity index (χ0n) is 94.7. The maximum absolute atomic E-state index is 9.37. The summed E-state index contributed by atoms with van der Waals surface area (Å²) >= 11 is 0. The Balaban J connectivity index is 0.000000441. The number of benzene rings is 9. The molecule has 18 heteroatoms. The molecular formula is C128H202N7O10S+. The molecule has 10 aromatic rings. The number of para-hydroxylation sites is 1. The predicted molar refractivity (Wildman–Crippen MR) is 624 cm³/mol. The van der Waals surface area contributed by atoms with Gasteiger partial charge in [0.05, 0.1) is 115 Å². The molecule has 0 radical (unpaired) electrons. The van der Waals surface area contributed by atoms with Crippen LogP contribution in [0.5, 0.6) is 5.75 Å². The Kier molecular flexibility index (Phi) is 72.5. The zero-order valence-corrected chi connectivity index (χ0v) is 95.5. The number of aromatic amines is 1. The molecule has 0 amide bonds. The molecule has 0 spiro atoms. The SMILES string of the molecule is CC(C)(C)c1cc(C(C)(C)C)c(N)c(C(C)(C)C)c1.CCCCCCCCN(CCCCCCCC)CCCCCCCC.CCCC[N+](CCCC)(CCCC)CCCC.COCCN(CCOC)CCOCCOCCOc1c(CO)cccc1CO.Cc1ccc(N(CCO)CCO)cc1.[OH-].c1ccc(-c2nc(-c3ccccc3)c(-c3ccccc3)[nH]2)cc1.c1ccc([S+](c2ccccc2)c2ccccc2)cc1. The van der Waals surface area contributed by atoms with E-state index in [0.717, 1.165) is 64.9 Å². The third-order valence-corrected chi connectivity index (χ3v) is 28.4. The summed E-state index contributed by atoms with van der Waals surface area (Å²) in [4.78, 5) is 19.4. The van der Waals surface area contributed by atoms with Gasteiger partial charge < -0.3 is 74.6 Å². The number of unbranched alkanes of at least 4 members (excludes halogenated alkanes) is 19. The smallest absolute Gasteiger partial charge is 0.166 e. The van der Waals surface area contributed by atoms with Crippen molar-refractivity contribution < 1.29 is 54.1 Å². The number of aliphatic hydroxyl groups excluding tert-OH is 4. The van der Waals surface area contributed by atoms with Gasteiger partial charge in [0.2, 0.25) is 0 Å². The molecule has 0 saturated carbocycles. The van der Waals surface area contributed by atoms with Crippen LogP contribution in [0.25, 0.3) is 33.9 Å². The van der Waals surface area contributed by atoms with Gasteiger partial charge in [-0.1, -0.05) is 426 Å². The van der Waals surface area contributed by atoms with Crippen LogP contribution in [0, 0.1) is 6.92 Å². The number of aliphatic hydroxyl groups is 4. The number of nitrogens with zero attached hydrogens (tertiary/aromatic N) is 5. The molecule has 0 aliphatic rings. The minimum absolute atomic E-state index is 0. The maximum atomic E-state index is 9.37. The fourth-order valence-electron chi connectivity index (χ4n) is 17.4. The van der Waals surface area contributed by atoms with Crippen LogP contribution < -0.4 is 15.4 Å². The average molecular weight is 2030 g/mol. The number of rotatable bonds is 62. The molecule has 0 fully saturated rings. The van der Waals surface area contributed by atoms with Crippen LogP contribution in [0.3, 0.4) is 0 Å². The second-order valence-electron chi connectivity index (χ2n) is 41.6. The molecule has 0 unspecified atom stereocenters. The number of aromatic nitrogens is 2. The highest BCUT2D eigenvalue weighted by atomic mass is 32.2.